The number of aryl methyl sites for hydroxylation is 1. The van der Waals surface area contributed by atoms with Gasteiger partial charge in [0.1, 0.15) is 5.82 Å². The Labute approximate surface area is 138 Å². The fourth-order valence-electron chi connectivity index (χ4n) is 2.29. The minimum Gasteiger partial charge on any atom is -0.378 e. The van der Waals surface area contributed by atoms with E-state index in [4.69, 9.17) is 4.74 Å². The van der Waals surface area contributed by atoms with Gasteiger partial charge in [0.05, 0.1) is 13.2 Å². The third kappa shape index (κ3) is 3.65. The summed E-state index contributed by atoms with van der Waals surface area (Å²) in [5.74, 6) is 0.879. The first-order chi connectivity index (χ1) is 10.2. The fraction of sp³-hybridized carbons (Fsp3) is 0.312. The highest BCUT2D eigenvalue weighted by Gasteiger charge is 2.10. The lowest BCUT2D eigenvalue weighted by molar-refractivity contribution is 0.122. The van der Waals surface area contributed by atoms with Crippen molar-refractivity contribution in [1.82, 2.24) is 4.98 Å². The molecule has 0 amide bonds. The summed E-state index contributed by atoms with van der Waals surface area (Å²) < 4.78 is 6.60. The number of ether oxygens (including phenoxy) is 1. The Morgan fingerprint density at radius 3 is 2.57 bits per heavy atom. The van der Waals surface area contributed by atoms with E-state index in [9.17, 15) is 0 Å². The molecule has 2 aromatic rings. The molecule has 0 unspecified atom stereocenters. The van der Waals surface area contributed by atoms with E-state index in [2.05, 4.69) is 75.0 Å². The molecule has 1 aliphatic heterocycles. The number of halogens is 1. The highest BCUT2D eigenvalue weighted by atomic mass is 127. The van der Waals surface area contributed by atoms with Gasteiger partial charge < -0.3 is 15.0 Å². The molecule has 1 fully saturated rings. The van der Waals surface area contributed by atoms with Gasteiger partial charge >= 0.3 is 0 Å². The third-order valence-electron chi connectivity index (χ3n) is 3.55. The number of nitrogens with one attached hydrogen (secondary N) is 1. The average molecular weight is 395 g/mol. The molecule has 0 atom stereocenters. The Bertz CT molecular complexity index is 609. The molecular formula is C16H18IN3O. The van der Waals surface area contributed by atoms with Gasteiger partial charge in [-0.1, -0.05) is 0 Å². The zero-order valence-electron chi connectivity index (χ0n) is 12.0. The van der Waals surface area contributed by atoms with Gasteiger partial charge in [0.15, 0.2) is 0 Å². The molecule has 0 spiro atoms. The number of hydrogen-bond donors (Lipinski definition) is 1. The van der Waals surface area contributed by atoms with E-state index < -0.39 is 0 Å². The Kier molecular flexibility index (Phi) is 4.60. The van der Waals surface area contributed by atoms with Crippen LogP contribution >= 0.6 is 22.6 Å². The standard InChI is InChI=1S/C16H18IN3O/c1-12-11-18-16(10-15(12)17)19-13-2-4-14(5-3-13)20-6-8-21-9-7-20/h2-5,10-11H,6-9H2,1H3,(H,18,19). The second kappa shape index (κ2) is 6.62. The van der Waals surface area contributed by atoms with E-state index in [1.165, 1.54) is 14.8 Å². The molecule has 1 saturated heterocycles. The molecular weight excluding hydrogens is 377 g/mol. The number of hydrogen-bond acceptors (Lipinski definition) is 4. The van der Waals surface area contributed by atoms with Crippen LogP contribution in [-0.4, -0.2) is 31.3 Å². The minimum absolute atomic E-state index is 0.811. The number of aromatic nitrogens is 1. The van der Waals surface area contributed by atoms with Crippen molar-refractivity contribution in [2.45, 2.75) is 6.92 Å². The third-order valence-corrected chi connectivity index (χ3v) is 4.72. The molecule has 0 bridgehead atoms. The van der Waals surface area contributed by atoms with Crippen LogP contribution < -0.4 is 10.2 Å². The van der Waals surface area contributed by atoms with Crippen LogP contribution in [0, 0.1) is 10.5 Å². The molecule has 0 radical (unpaired) electrons. The van der Waals surface area contributed by atoms with Gasteiger partial charge in [-0.25, -0.2) is 4.98 Å². The molecule has 2 heterocycles. The monoisotopic (exact) mass is 395 g/mol. The second-order valence-corrected chi connectivity index (χ2v) is 6.25. The van der Waals surface area contributed by atoms with Crippen LogP contribution in [0.25, 0.3) is 0 Å². The Hall–Kier alpha value is -1.34. The Morgan fingerprint density at radius 2 is 1.90 bits per heavy atom. The summed E-state index contributed by atoms with van der Waals surface area (Å²) in [6.07, 6.45) is 1.90. The van der Waals surface area contributed by atoms with Gasteiger partial charge in [-0.05, 0) is 65.4 Å². The van der Waals surface area contributed by atoms with Crippen molar-refractivity contribution < 1.29 is 4.74 Å². The minimum atomic E-state index is 0.811. The van der Waals surface area contributed by atoms with Gasteiger partial charge in [0, 0.05) is 34.2 Å². The molecule has 1 N–H and O–H groups in total. The maximum absolute atomic E-state index is 5.38. The largest absolute Gasteiger partial charge is 0.378 e. The number of nitrogens with zero attached hydrogens (tertiary/aromatic N) is 2. The normalized spacial score (nSPS) is 15.0. The van der Waals surface area contributed by atoms with Gasteiger partial charge in [0.2, 0.25) is 0 Å². The zero-order valence-corrected chi connectivity index (χ0v) is 14.1. The quantitative estimate of drug-likeness (QED) is 0.807. The number of morpholine rings is 1. The van der Waals surface area contributed by atoms with Gasteiger partial charge in [-0.3, -0.25) is 0 Å². The van der Waals surface area contributed by atoms with Crippen molar-refractivity contribution in [1.29, 1.82) is 0 Å². The van der Waals surface area contributed by atoms with Crippen LogP contribution in [0.1, 0.15) is 5.56 Å². The molecule has 3 rings (SSSR count). The van der Waals surface area contributed by atoms with E-state index in [1.54, 1.807) is 0 Å². The zero-order chi connectivity index (χ0) is 14.7. The average Bonchev–Trinajstić information content (AvgIpc) is 2.53. The smallest absolute Gasteiger partial charge is 0.131 e. The summed E-state index contributed by atoms with van der Waals surface area (Å²) in [5.41, 5.74) is 3.50. The van der Waals surface area contributed by atoms with Crippen LogP contribution in [0.4, 0.5) is 17.2 Å². The van der Waals surface area contributed by atoms with Gasteiger partial charge in [0.25, 0.3) is 0 Å². The van der Waals surface area contributed by atoms with Crippen LogP contribution in [0.2, 0.25) is 0 Å². The number of anilines is 3. The van der Waals surface area contributed by atoms with E-state index in [0.717, 1.165) is 37.8 Å². The van der Waals surface area contributed by atoms with Crippen molar-refractivity contribution in [3.8, 4) is 0 Å². The van der Waals surface area contributed by atoms with Crippen molar-refractivity contribution in [3.05, 3.63) is 45.7 Å². The first-order valence-corrected chi connectivity index (χ1v) is 8.12. The summed E-state index contributed by atoms with van der Waals surface area (Å²) in [6.45, 7) is 5.61. The molecule has 1 aromatic carbocycles. The van der Waals surface area contributed by atoms with E-state index in [1.807, 2.05) is 6.20 Å². The lowest BCUT2D eigenvalue weighted by Crippen LogP contribution is -2.36. The highest BCUT2D eigenvalue weighted by molar-refractivity contribution is 14.1. The Morgan fingerprint density at radius 1 is 1.19 bits per heavy atom. The Balaban J connectivity index is 1.70. The first-order valence-electron chi connectivity index (χ1n) is 7.04. The number of pyridine rings is 1. The predicted molar refractivity (Wildman–Crippen MR) is 94.4 cm³/mol. The fourth-order valence-corrected chi connectivity index (χ4v) is 2.73. The number of rotatable bonds is 3. The summed E-state index contributed by atoms with van der Waals surface area (Å²) in [4.78, 5) is 6.75. The molecule has 1 aliphatic rings. The predicted octanol–water partition coefficient (Wildman–Crippen LogP) is 3.57. The molecule has 1 aromatic heterocycles. The van der Waals surface area contributed by atoms with Crippen molar-refractivity contribution in [3.63, 3.8) is 0 Å². The van der Waals surface area contributed by atoms with E-state index in [-0.39, 0.29) is 0 Å². The van der Waals surface area contributed by atoms with Crippen molar-refractivity contribution in [2.24, 2.45) is 0 Å². The SMILES string of the molecule is Cc1cnc(Nc2ccc(N3CCOCC3)cc2)cc1I. The van der Waals surface area contributed by atoms with Gasteiger partial charge in [-0.15, -0.1) is 0 Å². The molecule has 5 heteroatoms. The molecule has 21 heavy (non-hydrogen) atoms. The van der Waals surface area contributed by atoms with Crippen LogP contribution in [0.5, 0.6) is 0 Å². The second-order valence-electron chi connectivity index (χ2n) is 5.09. The van der Waals surface area contributed by atoms with E-state index in [0.29, 0.717) is 0 Å². The lowest BCUT2D eigenvalue weighted by atomic mass is 10.2. The molecule has 4 nitrogen and oxygen atoms in total. The lowest BCUT2D eigenvalue weighted by Gasteiger charge is -2.28. The maximum Gasteiger partial charge on any atom is 0.131 e. The molecule has 110 valence electrons. The summed E-state index contributed by atoms with van der Waals surface area (Å²) in [5, 5.41) is 3.34. The maximum atomic E-state index is 5.38. The van der Waals surface area contributed by atoms with E-state index >= 15 is 0 Å². The van der Waals surface area contributed by atoms with Crippen molar-refractivity contribution >= 4 is 39.8 Å². The number of benzene rings is 1. The first kappa shape index (κ1) is 14.6. The van der Waals surface area contributed by atoms with Crippen LogP contribution in [0.15, 0.2) is 36.5 Å². The topological polar surface area (TPSA) is 37.4 Å². The van der Waals surface area contributed by atoms with Crippen molar-refractivity contribution in [2.75, 3.05) is 36.5 Å². The van der Waals surface area contributed by atoms with Gasteiger partial charge in [-0.2, -0.15) is 0 Å². The van der Waals surface area contributed by atoms with Crippen LogP contribution in [0.3, 0.4) is 0 Å². The summed E-state index contributed by atoms with van der Waals surface area (Å²) in [6, 6.07) is 10.5. The summed E-state index contributed by atoms with van der Waals surface area (Å²) in [7, 11) is 0. The van der Waals surface area contributed by atoms with Crippen LogP contribution in [-0.2, 0) is 4.74 Å². The summed E-state index contributed by atoms with van der Waals surface area (Å²) >= 11 is 2.33. The highest BCUT2D eigenvalue weighted by Crippen LogP contribution is 2.22. The molecule has 0 aliphatic carbocycles. The molecule has 0 saturated carbocycles.